The third-order valence-corrected chi connectivity index (χ3v) is 3.57. The zero-order valence-electron chi connectivity index (χ0n) is 12.0. The van der Waals surface area contributed by atoms with Crippen LogP contribution in [0, 0.1) is 0 Å². The topological polar surface area (TPSA) is 33.3 Å². The lowest BCUT2D eigenvalue weighted by molar-refractivity contribution is -0.137. The lowest BCUT2D eigenvalue weighted by atomic mass is 10.1. The van der Waals surface area contributed by atoms with Crippen LogP contribution in [0.5, 0.6) is 0 Å². The molecule has 2 rings (SSSR count). The summed E-state index contributed by atoms with van der Waals surface area (Å²) in [6.07, 6.45) is -3.34. The molecule has 1 aliphatic rings. The van der Waals surface area contributed by atoms with E-state index >= 15 is 0 Å². The Balaban J connectivity index is 1.76. The molecule has 0 aliphatic carbocycles. The van der Waals surface area contributed by atoms with Crippen molar-refractivity contribution in [2.45, 2.75) is 38.1 Å². The van der Waals surface area contributed by atoms with Gasteiger partial charge in [0.15, 0.2) is 0 Å². The van der Waals surface area contributed by atoms with E-state index in [2.05, 4.69) is 17.6 Å². The minimum absolute atomic E-state index is 0.270. The predicted octanol–water partition coefficient (Wildman–Crippen LogP) is 2.56. The molecule has 1 saturated heterocycles. The highest BCUT2D eigenvalue weighted by Gasteiger charge is 2.29. The number of hydrogen-bond donors (Lipinski definition) is 2. The second kappa shape index (κ2) is 7.24. The van der Waals surface area contributed by atoms with Crippen LogP contribution < -0.4 is 10.6 Å². The molecule has 0 saturated carbocycles. The van der Waals surface area contributed by atoms with Crippen molar-refractivity contribution >= 4 is 0 Å². The average Bonchev–Trinajstić information content (AvgIpc) is 2.46. The van der Waals surface area contributed by atoms with Gasteiger partial charge in [-0.3, -0.25) is 0 Å². The van der Waals surface area contributed by atoms with E-state index in [4.69, 9.17) is 4.74 Å². The number of alkyl halides is 3. The Kier molecular flexibility index (Phi) is 5.61. The molecule has 21 heavy (non-hydrogen) atoms. The second-order valence-electron chi connectivity index (χ2n) is 5.44. The standard InChI is InChI=1S/C15H21F3N2O/c1-11(8-14-10-21-7-6-19-14)20-9-12-2-4-13(5-3-12)15(16,17)18/h2-5,11,14,19-20H,6-10H2,1H3. The number of benzene rings is 1. The Bertz CT molecular complexity index is 428. The Labute approximate surface area is 122 Å². The number of ether oxygens (including phenoxy) is 1. The first-order valence-corrected chi connectivity index (χ1v) is 7.16. The molecule has 0 bridgehead atoms. The van der Waals surface area contributed by atoms with Crippen LogP contribution in [0.3, 0.4) is 0 Å². The summed E-state index contributed by atoms with van der Waals surface area (Å²) in [5.41, 5.74) is 0.241. The van der Waals surface area contributed by atoms with Crippen LogP contribution in [0.2, 0.25) is 0 Å². The van der Waals surface area contributed by atoms with Crippen molar-refractivity contribution < 1.29 is 17.9 Å². The molecule has 0 aromatic heterocycles. The van der Waals surface area contributed by atoms with E-state index in [1.54, 1.807) is 0 Å². The molecule has 1 aliphatic heterocycles. The Morgan fingerprint density at radius 3 is 2.62 bits per heavy atom. The van der Waals surface area contributed by atoms with E-state index in [1.807, 2.05) is 0 Å². The van der Waals surface area contributed by atoms with Gasteiger partial charge in [0, 0.05) is 25.2 Å². The minimum Gasteiger partial charge on any atom is -0.379 e. The number of nitrogens with one attached hydrogen (secondary N) is 2. The Hall–Kier alpha value is -1.11. The molecule has 2 N–H and O–H groups in total. The third-order valence-electron chi connectivity index (χ3n) is 3.57. The average molecular weight is 302 g/mol. The largest absolute Gasteiger partial charge is 0.416 e. The summed E-state index contributed by atoms with van der Waals surface area (Å²) in [4.78, 5) is 0. The van der Waals surface area contributed by atoms with Crippen LogP contribution in [0.4, 0.5) is 13.2 Å². The van der Waals surface area contributed by atoms with Crippen molar-refractivity contribution in [3.05, 3.63) is 35.4 Å². The smallest absolute Gasteiger partial charge is 0.379 e. The molecule has 2 atom stereocenters. The summed E-state index contributed by atoms with van der Waals surface area (Å²) in [6.45, 7) is 4.97. The molecule has 1 aromatic carbocycles. The van der Waals surface area contributed by atoms with Gasteiger partial charge >= 0.3 is 6.18 Å². The summed E-state index contributed by atoms with van der Waals surface area (Å²) in [5.74, 6) is 0. The Morgan fingerprint density at radius 2 is 2.05 bits per heavy atom. The molecular weight excluding hydrogens is 281 g/mol. The lowest BCUT2D eigenvalue weighted by Gasteiger charge is -2.26. The van der Waals surface area contributed by atoms with Gasteiger partial charge in [0.05, 0.1) is 18.8 Å². The monoisotopic (exact) mass is 302 g/mol. The first kappa shape index (κ1) is 16.3. The van der Waals surface area contributed by atoms with E-state index < -0.39 is 11.7 Å². The van der Waals surface area contributed by atoms with Crippen LogP contribution >= 0.6 is 0 Å². The van der Waals surface area contributed by atoms with E-state index in [-0.39, 0.29) is 6.04 Å². The van der Waals surface area contributed by atoms with Gasteiger partial charge < -0.3 is 15.4 Å². The van der Waals surface area contributed by atoms with Crippen molar-refractivity contribution in [1.29, 1.82) is 0 Å². The van der Waals surface area contributed by atoms with E-state index in [0.717, 1.165) is 37.3 Å². The van der Waals surface area contributed by atoms with Gasteiger partial charge in [-0.05, 0) is 31.0 Å². The first-order chi connectivity index (χ1) is 9.95. The van der Waals surface area contributed by atoms with Gasteiger partial charge in [-0.1, -0.05) is 12.1 Å². The van der Waals surface area contributed by atoms with Gasteiger partial charge in [0.25, 0.3) is 0 Å². The quantitative estimate of drug-likeness (QED) is 0.877. The fourth-order valence-corrected chi connectivity index (χ4v) is 2.38. The van der Waals surface area contributed by atoms with Crippen molar-refractivity contribution in [3.63, 3.8) is 0 Å². The zero-order valence-corrected chi connectivity index (χ0v) is 12.0. The van der Waals surface area contributed by atoms with Crippen molar-refractivity contribution in [2.24, 2.45) is 0 Å². The van der Waals surface area contributed by atoms with Gasteiger partial charge in [-0.15, -0.1) is 0 Å². The zero-order chi connectivity index (χ0) is 15.3. The van der Waals surface area contributed by atoms with Gasteiger partial charge in [-0.2, -0.15) is 13.2 Å². The fourth-order valence-electron chi connectivity index (χ4n) is 2.38. The maximum absolute atomic E-state index is 12.5. The molecule has 6 heteroatoms. The van der Waals surface area contributed by atoms with Crippen LogP contribution in [0.15, 0.2) is 24.3 Å². The number of rotatable bonds is 5. The predicted molar refractivity (Wildman–Crippen MR) is 75.0 cm³/mol. The van der Waals surface area contributed by atoms with E-state index in [0.29, 0.717) is 19.2 Å². The fraction of sp³-hybridized carbons (Fsp3) is 0.600. The number of morpholine rings is 1. The Morgan fingerprint density at radius 1 is 1.33 bits per heavy atom. The number of hydrogen-bond acceptors (Lipinski definition) is 3. The van der Waals surface area contributed by atoms with Gasteiger partial charge in [0.2, 0.25) is 0 Å². The molecule has 1 fully saturated rings. The minimum atomic E-state index is -4.27. The third kappa shape index (κ3) is 5.30. The first-order valence-electron chi connectivity index (χ1n) is 7.16. The summed E-state index contributed by atoms with van der Waals surface area (Å²) >= 11 is 0. The van der Waals surface area contributed by atoms with Crippen molar-refractivity contribution in [1.82, 2.24) is 10.6 Å². The summed E-state index contributed by atoms with van der Waals surface area (Å²) in [5, 5.41) is 6.71. The summed E-state index contributed by atoms with van der Waals surface area (Å²) in [7, 11) is 0. The molecular formula is C15H21F3N2O. The maximum atomic E-state index is 12.5. The van der Waals surface area contributed by atoms with Gasteiger partial charge in [0.1, 0.15) is 0 Å². The van der Waals surface area contributed by atoms with E-state index in [9.17, 15) is 13.2 Å². The molecule has 118 valence electrons. The van der Waals surface area contributed by atoms with Crippen molar-refractivity contribution in [3.8, 4) is 0 Å². The highest BCUT2D eigenvalue weighted by molar-refractivity contribution is 5.24. The normalized spacial score (nSPS) is 21.2. The van der Waals surface area contributed by atoms with Crippen LogP contribution in [-0.2, 0) is 17.5 Å². The lowest BCUT2D eigenvalue weighted by Crippen LogP contribution is -2.44. The summed E-state index contributed by atoms with van der Waals surface area (Å²) in [6, 6.07) is 5.89. The SMILES string of the molecule is CC(CC1COCCN1)NCc1ccc(C(F)(F)F)cc1. The maximum Gasteiger partial charge on any atom is 0.416 e. The van der Waals surface area contributed by atoms with E-state index in [1.165, 1.54) is 12.1 Å². The molecule has 0 amide bonds. The van der Waals surface area contributed by atoms with Crippen LogP contribution in [0.1, 0.15) is 24.5 Å². The molecule has 2 unspecified atom stereocenters. The molecule has 1 heterocycles. The molecule has 0 spiro atoms. The van der Waals surface area contributed by atoms with Gasteiger partial charge in [-0.25, -0.2) is 0 Å². The van der Waals surface area contributed by atoms with Crippen LogP contribution in [0.25, 0.3) is 0 Å². The highest BCUT2D eigenvalue weighted by Crippen LogP contribution is 2.29. The molecule has 3 nitrogen and oxygen atoms in total. The highest BCUT2D eigenvalue weighted by atomic mass is 19.4. The number of halogens is 3. The second-order valence-corrected chi connectivity index (χ2v) is 5.44. The summed E-state index contributed by atoms with van der Waals surface area (Å²) < 4.78 is 42.8. The molecule has 0 radical (unpaired) electrons. The van der Waals surface area contributed by atoms with Crippen LogP contribution in [-0.4, -0.2) is 31.8 Å². The van der Waals surface area contributed by atoms with Crippen molar-refractivity contribution in [2.75, 3.05) is 19.8 Å². The molecule has 1 aromatic rings.